The van der Waals surface area contributed by atoms with Gasteiger partial charge in [0.2, 0.25) is 11.8 Å². The molecule has 24 heavy (non-hydrogen) atoms. The summed E-state index contributed by atoms with van der Waals surface area (Å²) >= 11 is 0. The SMILES string of the molecule is CCN(CCO)C(=O)CC1C(=O)NCCN1CCc1ccccc1. The van der Waals surface area contributed by atoms with E-state index in [2.05, 4.69) is 22.3 Å². The van der Waals surface area contributed by atoms with Crippen LogP contribution < -0.4 is 5.32 Å². The number of piperazine rings is 1. The van der Waals surface area contributed by atoms with Gasteiger partial charge in [-0.3, -0.25) is 14.5 Å². The van der Waals surface area contributed by atoms with Gasteiger partial charge in [-0.25, -0.2) is 0 Å². The molecule has 0 radical (unpaired) electrons. The van der Waals surface area contributed by atoms with E-state index in [1.807, 2.05) is 25.1 Å². The van der Waals surface area contributed by atoms with Gasteiger partial charge in [-0.1, -0.05) is 30.3 Å². The first-order valence-electron chi connectivity index (χ1n) is 8.60. The summed E-state index contributed by atoms with van der Waals surface area (Å²) < 4.78 is 0. The lowest BCUT2D eigenvalue weighted by Crippen LogP contribution is -2.57. The first kappa shape index (κ1) is 18.4. The zero-order valence-corrected chi connectivity index (χ0v) is 14.3. The summed E-state index contributed by atoms with van der Waals surface area (Å²) in [6.07, 6.45) is 1.02. The zero-order valence-electron chi connectivity index (χ0n) is 14.3. The van der Waals surface area contributed by atoms with E-state index in [1.54, 1.807) is 4.90 Å². The number of hydrogen-bond acceptors (Lipinski definition) is 4. The standard InChI is InChI=1S/C18H27N3O3/c1-2-20(12-13-22)17(23)14-16-18(24)19-9-11-21(16)10-8-15-6-4-3-5-7-15/h3-7,16,22H,2,8-14H2,1H3,(H,19,24). The van der Waals surface area contributed by atoms with E-state index >= 15 is 0 Å². The average Bonchev–Trinajstić information content (AvgIpc) is 2.61. The molecule has 1 aliphatic heterocycles. The summed E-state index contributed by atoms with van der Waals surface area (Å²) in [6, 6.07) is 9.72. The van der Waals surface area contributed by atoms with Gasteiger partial charge in [0.15, 0.2) is 0 Å². The number of carbonyl (C=O) groups excluding carboxylic acids is 2. The molecule has 1 aliphatic rings. The molecule has 0 spiro atoms. The maximum atomic E-state index is 12.4. The topological polar surface area (TPSA) is 72.9 Å². The van der Waals surface area contributed by atoms with Crippen molar-refractivity contribution < 1.29 is 14.7 Å². The lowest BCUT2D eigenvalue weighted by atomic mass is 10.1. The normalized spacial score (nSPS) is 18.2. The summed E-state index contributed by atoms with van der Waals surface area (Å²) in [4.78, 5) is 28.3. The number of aliphatic hydroxyl groups is 1. The van der Waals surface area contributed by atoms with Gasteiger partial charge >= 0.3 is 0 Å². The molecule has 2 N–H and O–H groups in total. The molecule has 0 saturated carbocycles. The molecule has 1 heterocycles. The Kier molecular flexibility index (Phi) is 7.21. The highest BCUT2D eigenvalue weighted by molar-refractivity contribution is 5.88. The van der Waals surface area contributed by atoms with E-state index < -0.39 is 6.04 Å². The van der Waals surface area contributed by atoms with Gasteiger partial charge in [-0.15, -0.1) is 0 Å². The molecule has 0 aromatic heterocycles. The molecular formula is C18H27N3O3. The molecule has 6 heteroatoms. The van der Waals surface area contributed by atoms with Crippen LogP contribution in [0.5, 0.6) is 0 Å². The van der Waals surface area contributed by atoms with Crippen LogP contribution in [0, 0.1) is 0 Å². The molecule has 1 fully saturated rings. The number of rotatable bonds is 8. The number of benzene rings is 1. The Hall–Kier alpha value is -1.92. The van der Waals surface area contributed by atoms with Crippen molar-refractivity contribution in [3.8, 4) is 0 Å². The summed E-state index contributed by atoms with van der Waals surface area (Å²) in [6.45, 7) is 4.79. The van der Waals surface area contributed by atoms with E-state index in [0.717, 1.165) is 19.5 Å². The molecule has 2 rings (SSSR count). The van der Waals surface area contributed by atoms with E-state index in [4.69, 9.17) is 5.11 Å². The van der Waals surface area contributed by atoms with Gasteiger partial charge in [-0.2, -0.15) is 0 Å². The molecule has 1 saturated heterocycles. The average molecular weight is 333 g/mol. The number of likely N-dealkylation sites (N-methyl/N-ethyl adjacent to an activating group) is 1. The molecule has 2 amide bonds. The Morgan fingerprint density at radius 1 is 1.38 bits per heavy atom. The minimum atomic E-state index is -0.428. The lowest BCUT2D eigenvalue weighted by Gasteiger charge is -2.35. The maximum Gasteiger partial charge on any atom is 0.237 e. The quantitative estimate of drug-likeness (QED) is 0.716. The molecule has 0 aliphatic carbocycles. The number of nitrogens with one attached hydrogen (secondary N) is 1. The van der Waals surface area contributed by atoms with Crippen molar-refractivity contribution in [3.63, 3.8) is 0 Å². The van der Waals surface area contributed by atoms with Crippen molar-refractivity contribution in [2.45, 2.75) is 25.8 Å². The molecule has 1 aromatic carbocycles. The van der Waals surface area contributed by atoms with Crippen LogP contribution in [-0.2, 0) is 16.0 Å². The number of nitrogens with zero attached hydrogens (tertiary/aromatic N) is 2. The van der Waals surface area contributed by atoms with Crippen LogP contribution in [0.1, 0.15) is 18.9 Å². The number of amides is 2. The van der Waals surface area contributed by atoms with Crippen LogP contribution in [0.25, 0.3) is 0 Å². The smallest absolute Gasteiger partial charge is 0.237 e. The molecule has 132 valence electrons. The second kappa shape index (κ2) is 9.39. The minimum Gasteiger partial charge on any atom is -0.395 e. The van der Waals surface area contributed by atoms with E-state index in [9.17, 15) is 9.59 Å². The highest BCUT2D eigenvalue weighted by atomic mass is 16.3. The summed E-state index contributed by atoms with van der Waals surface area (Å²) in [5, 5.41) is 11.9. The van der Waals surface area contributed by atoms with Crippen LogP contribution in [0.2, 0.25) is 0 Å². The Labute approximate surface area is 143 Å². The van der Waals surface area contributed by atoms with Crippen LogP contribution >= 0.6 is 0 Å². The summed E-state index contributed by atoms with van der Waals surface area (Å²) in [5.41, 5.74) is 1.23. The molecule has 1 unspecified atom stereocenters. The Morgan fingerprint density at radius 2 is 2.12 bits per heavy atom. The molecular weight excluding hydrogens is 306 g/mol. The van der Waals surface area contributed by atoms with Gasteiger partial charge in [0.1, 0.15) is 0 Å². The lowest BCUT2D eigenvalue weighted by molar-refractivity contribution is -0.139. The van der Waals surface area contributed by atoms with Gasteiger partial charge in [0.05, 0.1) is 19.1 Å². The van der Waals surface area contributed by atoms with Crippen LogP contribution in [0.15, 0.2) is 30.3 Å². The van der Waals surface area contributed by atoms with Crippen LogP contribution in [-0.4, -0.2) is 72.1 Å². The summed E-state index contributed by atoms with van der Waals surface area (Å²) in [5.74, 6) is -0.166. The van der Waals surface area contributed by atoms with E-state index in [0.29, 0.717) is 19.6 Å². The first-order valence-corrected chi connectivity index (χ1v) is 8.60. The fraction of sp³-hybridized carbons (Fsp3) is 0.556. The molecule has 6 nitrogen and oxygen atoms in total. The third-order valence-electron chi connectivity index (χ3n) is 4.44. The molecule has 1 atom stereocenters. The minimum absolute atomic E-state index is 0.0613. The number of hydrogen-bond donors (Lipinski definition) is 2. The molecule has 1 aromatic rings. The second-order valence-electron chi connectivity index (χ2n) is 5.98. The Balaban J connectivity index is 1.97. The van der Waals surface area contributed by atoms with E-state index in [-0.39, 0.29) is 24.8 Å². The van der Waals surface area contributed by atoms with Gasteiger partial charge in [-0.05, 0) is 18.9 Å². The number of aliphatic hydroxyl groups excluding tert-OH is 1. The van der Waals surface area contributed by atoms with Crippen molar-refractivity contribution in [1.29, 1.82) is 0 Å². The van der Waals surface area contributed by atoms with Gasteiger partial charge in [0.25, 0.3) is 0 Å². The zero-order chi connectivity index (χ0) is 17.4. The van der Waals surface area contributed by atoms with Crippen LogP contribution in [0.4, 0.5) is 0 Å². The Bertz CT molecular complexity index is 536. The highest BCUT2D eigenvalue weighted by Gasteiger charge is 2.32. The highest BCUT2D eigenvalue weighted by Crippen LogP contribution is 2.12. The van der Waals surface area contributed by atoms with Crippen molar-refractivity contribution in [2.24, 2.45) is 0 Å². The predicted octanol–water partition coefficient (Wildman–Crippen LogP) is 0.260. The molecule has 0 bridgehead atoms. The van der Waals surface area contributed by atoms with Crippen molar-refractivity contribution in [1.82, 2.24) is 15.1 Å². The monoisotopic (exact) mass is 333 g/mol. The van der Waals surface area contributed by atoms with Crippen LogP contribution in [0.3, 0.4) is 0 Å². The van der Waals surface area contributed by atoms with Crippen molar-refractivity contribution in [2.75, 3.05) is 39.3 Å². The van der Waals surface area contributed by atoms with Crippen molar-refractivity contribution >= 4 is 11.8 Å². The largest absolute Gasteiger partial charge is 0.395 e. The summed E-state index contributed by atoms with van der Waals surface area (Å²) in [7, 11) is 0. The third kappa shape index (κ3) is 5.04. The second-order valence-corrected chi connectivity index (χ2v) is 5.98. The fourth-order valence-electron chi connectivity index (χ4n) is 3.04. The van der Waals surface area contributed by atoms with E-state index in [1.165, 1.54) is 5.56 Å². The number of carbonyl (C=O) groups is 2. The van der Waals surface area contributed by atoms with Gasteiger partial charge < -0.3 is 15.3 Å². The Morgan fingerprint density at radius 3 is 2.79 bits per heavy atom. The van der Waals surface area contributed by atoms with Gasteiger partial charge in [0, 0.05) is 32.7 Å². The van der Waals surface area contributed by atoms with Crippen molar-refractivity contribution in [3.05, 3.63) is 35.9 Å². The predicted molar refractivity (Wildman–Crippen MR) is 92.5 cm³/mol. The third-order valence-corrected chi connectivity index (χ3v) is 4.44. The fourth-order valence-corrected chi connectivity index (χ4v) is 3.04. The first-order chi connectivity index (χ1) is 11.7. The maximum absolute atomic E-state index is 12.4.